The van der Waals surface area contributed by atoms with Gasteiger partial charge >= 0.3 is 5.97 Å². The van der Waals surface area contributed by atoms with Gasteiger partial charge in [-0.2, -0.15) is 0 Å². The van der Waals surface area contributed by atoms with Gasteiger partial charge in [-0.25, -0.2) is 4.79 Å². The van der Waals surface area contributed by atoms with Crippen molar-refractivity contribution in [2.45, 2.75) is 25.0 Å². The molecule has 1 aliphatic rings. The second-order valence-corrected chi connectivity index (χ2v) is 4.26. The number of non-ortho nitro benzene ring substituents is 1. The van der Waals surface area contributed by atoms with E-state index in [4.69, 9.17) is 10.2 Å². The number of hydrogen-bond donors (Lipinski definition) is 3. The summed E-state index contributed by atoms with van der Waals surface area (Å²) in [5.74, 6) is -1.15. The molecule has 0 aromatic heterocycles. The molecule has 0 heterocycles. The van der Waals surface area contributed by atoms with Gasteiger partial charge < -0.3 is 15.5 Å². The zero-order valence-corrected chi connectivity index (χ0v) is 9.37. The third kappa shape index (κ3) is 2.40. The first-order valence-electron chi connectivity index (χ1n) is 5.43. The number of nitro groups is 1. The standard InChI is InChI=1S/C11H12N2O5/c14-8-3-6(4-8)12-10-5-7(13(17)18)1-2-9(10)11(15)16/h1-2,5-6,8,12,14H,3-4H2,(H,15,16). The molecule has 3 N–H and O–H groups in total. The zero-order chi connectivity index (χ0) is 13.3. The smallest absolute Gasteiger partial charge is 0.337 e. The molecule has 7 heteroatoms. The first-order valence-corrected chi connectivity index (χ1v) is 5.43. The highest BCUT2D eigenvalue weighted by Gasteiger charge is 2.28. The summed E-state index contributed by atoms with van der Waals surface area (Å²) in [5.41, 5.74) is 0.0398. The average molecular weight is 252 g/mol. The van der Waals surface area contributed by atoms with E-state index in [1.807, 2.05) is 0 Å². The van der Waals surface area contributed by atoms with Crippen LogP contribution in [0.15, 0.2) is 18.2 Å². The number of anilines is 1. The molecular weight excluding hydrogens is 240 g/mol. The molecule has 7 nitrogen and oxygen atoms in total. The molecule has 1 aliphatic carbocycles. The van der Waals surface area contributed by atoms with Crippen molar-refractivity contribution in [3.05, 3.63) is 33.9 Å². The van der Waals surface area contributed by atoms with Crippen molar-refractivity contribution in [1.29, 1.82) is 0 Å². The van der Waals surface area contributed by atoms with Crippen LogP contribution in [0.2, 0.25) is 0 Å². The summed E-state index contributed by atoms with van der Waals surface area (Å²) in [7, 11) is 0. The number of aliphatic hydroxyl groups excluding tert-OH is 1. The fourth-order valence-corrected chi connectivity index (χ4v) is 1.88. The predicted molar refractivity (Wildman–Crippen MR) is 62.7 cm³/mol. The third-order valence-corrected chi connectivity index (χ3v) is 2.92. The van der Waals surface area contributed by atoms with Crippen LogP contribution in [0, 0.1) is 10.1 Å². The Labute approximate surface area is 102 Å². The van der Waals surface area contributed by atoms with E-state index in [9.17, 15) is 14.9 Å². The Bertz CT molecular complexity index is 496. The summed E-state index contributed by atoms with van der Waals surface area (Å²) >= 11 is 0. The first-order chi connectivity index (χ1) is 8.47. The number of nitrogens with zero attached hydrogens (tertiary/aromatic N) is 1. The molecule has 1 saturated carbocycles. The van der Waals surface area contributed by atoms with Crippen LogP contribution in [-0.4, -0.2) is 33.3 Å². The van der Waals surface area contributed by atoms with Crippen molar-refractivity contribution < 1.29 is 19.9 Å². The largest absolute Gasteiger partial charge is 0.478 e. The van der Waals surface area contributed by atoms with E-state index in [1.54, 1.807) is 0 Å². The molecule has 0 aliphatic heterocycles. The van der Waals surface area contributed by atoms with Crippen LogP contribution < -0.4 is 5.32 Å². The molecule has 1 fully saturated rings. The number of nitro benzene ring substituents is 1. The summed E-state index contributed by atoms with van der Waals surface area (Å²) in [6, 6.07) is 3.52. The van der Waals surface area contributed by atoms with Gasteiger partial charge in [-0.1, -0.05) is 0 Å². The summed E-state index contributed by atoms with van der Waals surface area (Å²) in [4.78, 5) is 21.1. The van der Waals surface area contributed by atoms with Crippen molar-refractivity contribution in [2.75, 3.05) is 5.32 Å². The molecule has 18 heavy (non-hydrogen) atoms. The van der Waals surface area contributed by atoms with Crippen LogP contribution in [0.4, 0.5) is 11.4 Å². The van der Waals surface area contributed by atoms with Crippen LogP contribution in [0.5, 0.6) is 0 Å². The van der Waals surface area contributed by atoms with Crippen LogP contribution in [0.25, 0.3) is 0 Å². The van der Waals surface area contributed by atoms with E-state index in [2.05, 4.69) is 5.32 Å². The Hall–Kier alpha value is -2.15. The highest BCUT2D eigenvalue weighted by Crippen LogP contribution is 2.28. The lowest BCUT2D eigenvalue weighted by Crippen LogP contribution is -2.39. The lowest BCUT2D eigenvalue weighted by atomic mass is 9.89. The van der Waals surface area contributed by atoms with Crippen molar-refractivity contribution in [2.24, 2.45) is 0 Å². The van der Waals surface area contributed by atoms with Crippen LogP contribution in [0.1, 0.15) is 23.2 Å². The van der Waals surface area contributed by atoms with Gasteiger partial charge in [0.2, 0.25) is 0 Å². The number of aromatic carboxylic acids is 1. The molecule has 0 saturated heterocycles. The highest BCUT2D eigenvalue weighted by molar-refractivity contribution is 5.94. The summed E-state index contributed by atoms with van der Waals surface area (Å²) in [6.45, 7) is 0. The van der Waals surface area contributed by atoms with Crippen LogP contribution >= 0.6 is 0 Å². The fraction of sp³-hybridized carbons (Fsp3) is 0.364. The first kappa shape index (κ1) is 12.3. The molecule has 1 aromatic carbocycles. The van der Waals surface area contributed by atoms with Gasteiger partial charge in [0.05, 0.1) is 22.3 Å². The van der Waals surface area contributed by atoms with Crippen LogP contribution in [-0.2, 0) is 0 Å². The topological polar surface area (TPSA) is 113 Å². The Morgan fingerprint density at radius 3 is 2.61 bits per heavy atom. The monoisotopic (exact) mass is 252 g/mol. The quantitative estimate of drug-likeness (QED) is 0.548. The van der Waals surface area contributed by atoms with Gasteiger partial charge in [0.15, 0.2) is 0 Å². The molecule has 0 atom stereocenters. The summed E-state index contributed by atoms with van der Waals surface area (Å²) in [6.07, 6.45) is 0.651. The zero-order valence-electron chi connectivity index (χ0n) is 9.37. The molecular formula is C11H12N2O5. The van der Waals surface area contributed by atoms with Gasteiger partial charge in [-0.3, -0.25) is 10.1 Å². The van der Waals surface area contributed by atoms with Gasteiger partial charge in [0.25, 0.3) is 5.69 Å². The highest BCUT2D eigenvalue weighted by atomic mass is 16.6. The van der Waals surface area contributed by atoms with Crippen LogP contribution in [0.3, 0.4) is 0 Å². The van der Waals surface area contributed by atoms with Gasteiger partial charge in [0.1, 0.15) is 0 Å². The number of carboxylic acids is 1. The number of aliphatic hydroxyl groups is 1. The van der Waals surface area contributed by atoms with Gasteiger partial charge in [-0.05, 0) is 18.9 Å². The Kier molecular flexibility index (Phi) is 3.15. The van der Waals surface area contributed by atoms with E-state index >= 15 is 0 Å². The number of carbonyl (C=O) groups is 1. The molecule has 0 amide bonds. The minimum absolute atomic E-state index is 0.0120. The van der Waals surface area contributed by atoms with Gasteiger partial charge in [0, 0.05) is 18.2 Å². The van der Waals surface area contributed by atoms with Crippen molar-refractivity contribution in [1.82, 2.24) is 0 Å². The molecule has 2 rings (SSSR count). The minimum atomic E-state index is -1.15. The normalized spacial score (nSPS) is 22.1. The molecule has 0 radical (unpaired) electrons. The second-order valence-electron chi connectivity index (χ2n) is 4.26. The Morgan fingerprint density at radius 1 is 1.44 bits per heavy atom. The number of carboxylic acid groups (broad SMARTS) is 1. The number of rotatable bonds is 4. The minimum Gasteiger partial charge on any atom is -0.478 e. The van der Waals surface area contributed by atoms with E-state index in [1.165, 1.54) is 12.1 Å². The molecule has 0 spiro atoms. The molecule has 0 unspecified atom stereocenters. The second kappa shape index (κ2) is 4.61. The SMILES string of the molecule is O=C(O)c1ccc([N+](=O)[O-])cc1NC1CC(O)C1. The Morgan fingerprint density at radius 2 is 2.11 bits per heavy atom. The molecule has 1 aromatic rings. The van der Waals surface area contributed by atoms with Gasteiger partial charge in [-0.15, -0.1) is 0 Å². The van der Waals surface area contributed by atoms with E-state index in [0.29, 0.717) is 12.8 Å². The van der Waals surface area contributed by atoms with Crippen molar-refractivity contribution in [3.8, 4) is 0 Å². The fourth-order valence-electron chi connectivity index (χ4n) is 1.88. The number of hydrogen-bond acceptors (Lipinski definition) is 5. The molecule has 96 valence electrons. The van der Waals surface area contributed by atoms with E-state index < -0.39 is 10.9 Å². The van der Waals surface area contributed by atoms with E-state index in [0.717, 1.165) is 6.07 Å². The maximum absolute atomic E-state index is 11.0. The lowest BCUT2D eigenvalue weighted by Gasteiger charge is -2.33. The van der Waals surface area contributed by atoms with Crippen molar-refractivity contribution >= 4 is 17.3 Å². The number of nitrogens with one attached hydrogen (secondary N) is 1. The summed E-state index contributed by atoms with van der Waals surface area (Å²) in [5, 5.41) is 31.7. The maximum atomic E-state index is 11.0. The predicted octanol–water partition coefficient (Wildman–Crippen LogP) is 1.23. The average Bonchev–Trinajstić information content (AvgIpc) is 2.26. The maximum Gasteiger partial charge on any atom is 0.337 e. The Balaban J connectivity index is 2.26. The lowest BCUT2D eigenvalue weighted by molar-refractivity contribution is -0.384. The van der Waals surface area contributed by atoms with Crippen molar-refractivity contribution in [3.63, 3.8) is 0 Å². The van der Waals surface area contributed by atoms with E-state index in [-0.39, 0.29) is 29.1 Å². The number of benzene rings is 1. The third-order valence-electron chi connectivity index (χ3n) is 2.92. The molecule has 0 bridgehead atoms. The summed E-state index contributed by atoms with van der Waals surface area (Å²) < 4.78 is 0.